The Balaban J connectivity index is 2.34. The van der Waals surface area contributed by atoms with E-state index in [0.29, 0.717) is 0 Å². The van der Waals surface area contributed by atoms with Crippen LogP contribution in [0.3, 0.4) is 0 Å². The quantitative estimate of drug-likeness (QED) is 0.589. The van der Waals surface area contributed by atoms with Crippen molar-refractivity contribution in [1.82, 2.24) is 0 Å². The van der Waals surface area contributed by atoms with Gasteiger partial charge in [-0.25, -0.2) is 0 Å². The Bertz CT molecular complexity index is 864. The second-order valence-corrected chi connectivity index (χ2v) is 5.54. The minimum absolute atomic E-state index is 0.0909. The highest BCUT2D eigenvalue weighted by atomic mass is 19.4. The van der Waals surface area contributed by atoms with Crippen LogP contribution >= 0.6 is 0 Å². The third-order valence-corrected chi connectivity index (χ3v) is 3.99. The van der Waals surface area contributed by atoms with E-state index in [1.807, 2.05) is 0 Å². The maximum atomic E-state index is 14.2. The first-order valence-electron chi connectivity index (χ1n) is 7.75. The summed E-state index contributed by atoms with van der Waals surface area (Å²) in [5.41, 5.74) is -4.57. The SMILES string of the molecule is CCOc1cccc2c1OC(c1ccccc1)(C(F)(F)F)C([N+](=O)[O-])=C2. The molecule has 2 aromatic carbocycles. The molecular weight excluding hydrogens is 351 g/mol. The molecule has 3 rings (SSSR count). The van der Waals surface area contributed by atoms with Gasteiger partial charge in [0.1, 0.15) is 0 Å². The zero-order chi connectivity index (χ0) is 18.9. The highest BCUT2D eigenvalue weighted by molar-refractivity contribution is 5.68. The molecule has 0 saturated carbocycles. The number of para-hydroxylation sites is 1. The predicted molar refractivity (Wildman–Crippen MR) is 87.4 cm³/mol. The average Bonchev–Trinajstić information content (AvgIpc) is 2.61. The Kier molecular flexibility index (Phi) is 4.35. The molecule has 1 heterocycles. The van der Waals surface area contributed by atoms with E-state index in [0.717, 1.165) is 18.2 Å². The Morgan fingerprint density at radius 2 is 1.85 bits per heavy atom. The summed E-state index contributed by atoms with van der Waals surface area (Å²) in [7, 11) is 0. The van der Waals surface area contributed by atoms with Gasteiger partial charge in [0.25, 0.3) is 0 Å². The topological polar surface area (TPSA) is 61.6 Å². The van der Waals surface area contributed by atoms with Crippen LogP contribution in [0.5, 0.6) is 11.5 Å². The van der Waals surface area contributed by atoms with Crippen LogP contribution in [-0.4, -0.2) is 17.7 Å². The molecule has 1 unspecified atom stereocenters. The molecule has 0 saturated heterocycles. The Hall–Kier alpha value is -3.03. The van der Waals surface area contributed by atoms with Crippen molar-refractivity contribution in [3.05, 3.63) is 75.5 Å². The molecule has 0 bridgehead atoms. The van der Waals surface area contributed by atoms with E-state index in [-0.39, 0.29) is 29.2 Å². The fourth-order valence-corrected chi connectivity index (χ4v) is 2.91. The van der Waals surface area contributed by atoms with Gasteiger partial charge in [0, 0.05) is 17.2 Å². The predicted octanol–water partition coefficient (Wildman–Crippen LogP) is 4.55. The molecule has 0 aliphatic carbocycles. The number of ether oxygens (including phenoxy) is 2. The van der Waals surface area contributed by atoms with Gasteiger partial charge in [-0.05, 0) is 13.0 Å². The summed E-state index contributed by atoms with van der Waals surface area (Å²) in [5, 5.41) is 11.5. The summed E-state index contributed by atoms with van der Waals surface area (Å²) >= 11 is 0. The van der Waals surface area contributed by atoms with Crippen LogP contribution in [0.4, 0.5) is 13.2 Å². The van der Waals surface area contributed by atoms with Crippen molar-refractivity contribution in [2.45, 2.75) is 18.7 Å². The second kappa shape index (κ2) is 6.36. The lowest BCUT2D eigenvalue weighted by Gasteiger charge is -2.36. The first kappa shape index (κ1) is 17.8. The van der Waals surface area contributed by atoms with Crippen LogP contribution < -0.4 is 9.47 Å². The molecule has 1 aliphatic heterocycles. The van der Waals surface area contributed by atoms with Crippen molar-refractivity contribution in [1.29, 1.82) is 0 Å². The maximum absolute atomic E-state index is 14.2. The monoisotopic (exact) mass is 365 g/mol. The van der Waals surface area contributed by atoms with E-state index in [2.05, 4.69) is 0 Å². The first-order valence-corrected chi connectivity index (χ1v) is 7.75. The van der Waals surface area contributed by atoms with Crippen LogP contribution in [0.25, 0.3) is 6.08 Å². The molecule has 136 valence electrons. The average molecular weight is 365 g/mol. The first-order chi connectivity index (χ1) is 12.3. The molecule has 0 fully saturated rings. The summed E-state index contributed by atoms with van der Waals surface area (Å²) in [5.74, 6) is -0.0886. The lowest BCUT2D eigenvalue weighted by atomic mass is 9.86. The molecule has 0 spiro atoms. The van der Waals surface area contributed by atoms with E-state index in [4.69, 9.17) is 9.47 Å². The molecule has 8 heteroatoms. The van der Waals surface area contributed by atoms with Crippen LogP contribution in [0.15, 0.2) is 54.2 Å². The summed E-state index contributed by atoms with van der Waals surface area (Å²) in [6, 6.07) is 11.0. The number of fused-ring (bicyclic) bond motifs is 1. The van der Waals surface area contributed by atoms with Crippen LogP contribution in [0.2, 0.25) is 0 Å². The van der Waals surface area contributed by atoms with Crippen molar-refractivity contribution < 1.29 is 27.6 Å². The normalized spacial score (nSPS) is 19.2. The second-order valence-electron chi connectivity index (χ2n) is 5.54. The third-order valence-electron chi connectivity index (χ3n) is 3.99. The summed E-state index contributed by atoms with van der Waals surface area (Å²) in [6.45, 7) is 1.88. The molecule has 2 aromatic rings. The number of nitrogens with zero attached hydrogens (tertiary/aromatic N) is 1. The molecule has 1 atom stereocenters. The number of hydrogen-bond acceptors (Lipinski definition) is 4. The van der Waals surface area contributed by atoms with Crippen LogP contribution in [0, 0.1) is 10.1 Å². The zero-order valence-electron chi connectivity index (χ0n) is 13.6. The number of hydrogen-bond donors (Lipinski definition) is 0. The molecule has 5 nitrogen and oxygen atoms in total. The number of benzene rings is 2. The minimum atomic E-state index is -5.08. The van der Waals surface area contributed by atoms with Gasteiger partial charge in [-0.15, -0.1) is 0 Å². The van der Waals surface area contributed by atoms with Gasteiger partial charge in [0.05, 0.1) is 11.5 Å². The molecular formula is C18H14F3NO4. The van der Waals surface area contributed by atoms with E-state index in [9.17, 15) is 23.3 Å². The summed E-state index contributed by atoms with van der Waals surface area (Å²) < 4.78 is 53.3. The molecule has 1 aliphatic rings. The fraction of sp³-hybridized carbons (Fsp3) is 0.222. The summed E-state index contributed by atoms with van der Waals surface area (Å²) in [6.07, 6.45) is -4.19. The highest BCUT2D eigenvalue weighted by Gasteiger charge is 2.68. The highest BCUT2D eigenvalue weighted by Crippen LogP contribution is 2.53. The van der Waals surface area contributed by atoms with Crippen molar-refractivity contribution >= 4 is 6.08 Å². The van der Waals surface area contributed by atoms with Crippen molar-refractivity contribution in [3.8, 4) is 11.5 Å². The van der Waals surface area contributed by atoms with Crippen molar-refractivity contribution in [2.75, 3.05) is 6.61 Å². The van der Waals surface area contributed by atoms with E-state index in [1.165, 1.54) is 36.4 Å². The number of alkyl halides is 3. The fourth-order valence-electron chi connectivity index (χ4n) is 2.91. The number of nitro groups is 1. The minimum Gasteiger partial charge on any atom is -0.490 e. The lowest BCUT2D eigenvalue weighted by molar-refractivity contribution is -0.459. The Morgan fingerprint density at radius 3 is 2.42 bits per heavy atom. The third kappa shape index (κ3) is 2.67. The van der Waals surface area contributed by atoms with E-state index >= 15 is 0 Å². The van der Waals surface area contributed by atoms with Crippen LogP contribution in [0.1, 0.15) is 18.1 Å². The molecule has 0 radical (unpaired) electrons. The standard InChI is InChI=1S/C18H14F3NO4/c1-2-25-14-10-6-7-12-11-15(22(23)24)17(18(19,20)21,26-16(12)14)13-8-4-3-5-9-13/h3-11H,2H2,1H3. The lowest BCUT2D eigenvalue weighted by Crippen LogP contribution is -2.52. The van der Waals surface area contributed by atoms with Crippen LogP contribution in [-0.2, 0) is 5.60 Å². The van der Waals surface area contributed by atoms with Gasteiger partial charge in [0.15, 0.2) is 11.5 Å². The van der Waals surface area contributed by atoms with Gasteiger partial charge in [-0.3, -0.25) is 10.1 Å². The molecule has 26 heavy (non-hydrogen) atoms. The zero-order valence-corrected chi connectivity index (χ0v) is 13.6. The van der Waals surface area contributed by atoms with Gasteiger partial charge >= 0.3 is 17.5 Å². The maximum Gasteiger partial charge on any atom is 0.443 e. The summed E-state index contributed by atoms with van der Waals surface area (Å²) in [4.78, 5) is 10.5. The molecule has 0 aromatic heterocycles. The Labute approximate surface area is 146 Å². The largest absolute Gasteiger partial charge is 0.490 e. The van der Waals surface area contributed by atoms with Gasteiger partial charge in [-0.1, -0.05) is 42.5 Å². The number of rotatable bonds is 4. The van der Waals surface area contributed by atoms with Crippen molar-refractivity contribution in [2.24, 2.45) is 0 Å². The van der Waals surface area contributed by atoms with E-state index < -0.39 is 22.4 Å². The van der Waals surface area contributed by atoms with E-state index in [1.54, 1.807) is 6.92 Å². The molecule has 0 amide bonds. The Morgan fingerprint density at radius 1 is 1.15 bits per heavy atom. The smallest absolute Gasteiger partial charge is 0.443 e. The van der Waals surface area contributed by atoms with Gasteiger partial charge < -0.3 is 9.47 Å². The van der Waals surface area contributed by atoms with Crippen molar-refractivity contribution in [3.63, 3.8) is 0 Å². The molecule has 0 N–H and O–H groups in total. The number of halogens is 3. The van der Waals surface area contributed by atoms with Gasteiger partial charge in [0.2, 0.25) is 0 Å². The van der Waals surface area contributed by atoms with Gasteiger partial charge in [-0.2, -0.15) is 13.2 Å².